The van der Waals surface area contributed by atoms with E-state index >= 15 is 0 Å². The number of carbonyl (C=O) groups is 2. The third-order valence-electron chi connectivity index (χ3n) is 5.09. The van der Waals surface area contributed by atoms with Gasteiger partial charge in [-0.25, -0.2) is 0 Å². The molecule has 132 valence electrons. The van der Waals surface area contributed by atoms with Crippen LogP contribution in [0, 0.1) is 0 Å². The highest BCUT2D eigenvalue weighted by molar-refractivity contribution is 6.07. The molecule has 0 N–H and O–H groups in total. The van der Waals surface area contributed by atoms with Crippen LogP contribution < -0.4 is 9.64 Å². The number of amides is 1. The molecular formula is C21H20N2O3. The summed E-state index contributed by atoms with van der Waals surface area (Å²) >= 11 is 0. The van der Waals surface area contributed by atoms with Gasteiger partial charge in [-0.3, -0.25) is 19.5 Å². The van der Waals surface area contributed by atoms with Gasteiger partial charge in [0.05, 0.1) is 19.0 Å². The second-order valence-electron chi connectivity index (χ2n) is 6.58. The molecule has 1 aromatic heterocycles. The van der Waals surface area contributed by atoms with Gasteiger partial charge in [-0.1, -0.05) is 18.2 Å². The molecule has 5 nitrogen and oxygen atoms in total. The van der Waals surface area contributed by atoms with E-state index < -0.39 is 0 Å². The number of Topliss-reactive ketones (excluding diaryl/α,β-unsaturated/α-hetero) is 1. The third-order valence-corrected chi connectivity index (χ3v) is 5.09. The first kappa shape index (κ1) is 16.5. The predicted molar refractivity (Wildman–Crippen MR) is 98.0 cm³/mol. The van der Waals surface area contributed by atoms with Crippen molar-refractivity contribution in [1.29, 1.82) is 0 Å². The normalized spacial score (nSPS) is 20.2. The molecule has 1 aromatic carbocycles. The molecule has 2 aliphatic rings. The van der Waals surface area contributed by atoms with Crippen LogP contribution in [-0.4, -0.2) is 23.8 Å². The largest absolute Gasteiger partial charge is 0.496 e. The summed E-state index contributed by atoms with van der Waals surface area (Å²) in [7, 11) is 1.61. The van der Waals surface area contributed by atoms with E-state index in [4.69, 9.17) is 4.74 Å². The smallest absolute Gasteiger partial charge is 0.232 e. The lowest BCUT2D eigenvalue weighted by Crippen LogP contribution is -2.40. The van der Waals surface area contributed by atoms with Crippen molar-refractivity contribution in [2.24, 2.45) is 0 Å². The first-order valence-corrected chi connectivity index (χ1v) is 8.83. The fourth-order valence-corrected chi connectivity index (χ4v) is 4.00. The predicted octanol–water partition coefficient (Wildman–Crippen LogP) is 3.62. The van der Waals surface area contributed by atoms with Gasteiger partial charge in [-0.15, -0.1) is 0 Å². The van der Waals surface area contributed by atoms with Crippen LogP contribution in [-0.2, 0) is 9.59 Å². The molecule has 1 aliphatic heterocycles. The number of hydrogen-bond acceptors (Lipinski definition) is 4. The van der Waals surface area contributed by atoms with Crippen LogP contribution in [0.1, 0.15) is 37.2 Å². The number of anilines is 1. The highest BCUT2D eigenvalue weighted by Crippen LogP contribution is 2.45. The molecule has 0 spiro atoms. The monoisotopic (exact) mass is 348 g/mol. The van der Waals surface area contributed by atoms with E-state index in [9.17, 15) is 9.59 Å². The summed E-state index contributed by atoms with van der Waals surface area (Å²) in [5.41, 5.74) is 3.20. The maximum atomic E-state index is 13.1. The molecule has 0 fully saturated rings. The Morgan fingerprint density at radius 3 is 2.73 bits per heavy atom. The Morgan fingerprint density at radius 2 is 1.96 bits per heavy atom. The average Bonchev–Trinajstić information content (AvgIpc) is 2.68. The maximum absolute atomic E-state index is 13.1. The fraction of sp³-hybridized carbons (Fsp3) is 0.286. The molecule has 26 heavy (non-hydrogen) atoms. The first-order chi connectivity index (χ1) is 12.7. The van der Waals surface area contributed by atoms with Gasteiger partial charge >= 0.3 is 0 Å². The Labute approximate surface area is 152 Å². The molecule has 2 heterocycles. The summed E-state index contributed by atoms with van der Waals surface area (Å²) in [5, 5.41) is 0. The van der Waals surface area contributed by atoms with Crippen LogP contribution in [0.15, 0.2) is 60.1 Å². The minimum absolute atomic E-state index is 0.0117. The summed E-state index contributed by atoms with van der Waals surface area (Å²) in [4.78, 5) is 31.7. The summed E-state index contributed by atoms with van der Waals surface area (Å²) in [6.45, 7) is 0. The second kappa shape index (κ2) is 6.75. The summed E-state index contributed by atoms with van der Waals surface area (Å²) in [6.07, 6.45) is 5.61. The second-order valence-corrected chi connectivity index (χ2v) is 6.58. The van der Waals surface area contributed by atoms with E-state index in [0.717, 1.165) is 28.9 Å². The zero-order valence-corrected chi connectivity index (χ0v) is 14.6. The van der Waals surface area contributed by atoms with E-state index in [1.54, 1.807) is 30.5 Å². The SMILES string of the molecule is COc1ccccc1C1CC(=O)N(c2cccnc2)C2=C1C(=O)CCC2. The van der Waals surface area contributed by atoms with Crippen LogP contribution in [0.2, 0.25) is 0 Å². The van der Waals surface area contributed by atoms with E-state index in [-0.39, 0.29) is 24.0 Å². The number of ether oxygens (including phenoxy) is 1. The molecule has 4 rings (SSSR count). The van der Waals surface area contributed by atoms with Crippen molar-refractivity contribution in [3.63, 3.8) is 0 Å². The number of hydrogen-bond donors (Lipinski definition) is 0. The lowest BCUT2D eigenvalue weighted by molar-refractivity contribution is -0.119. The quantitative estimate of drug-likeness (QED) is 0.850. The van der Waals surface area contributed by atoms with Crippen molar-refractivity contribution >= 4 is 17.4 Å². The first-order valence-electron chi connectivity index (χ1n) is 8.83. The molecule has 1 atom stereocenters. The lowest BCUT2D eigenvalue weighted by atomic mass is 9.77. The Balaban J connectivity index is 1.88. The van der Waals surface area contributed by atoms with E-state index in [2.05, 4.69) is 4.98 Å². The standard InChI is InChI=1S/C21H20N2O3/c1-26-19-10-3-2-7-15(19)16-12-20(25)23(14-6-5-11-22-13-14)17-8-4-9-18(24)21(16)17/h2-3,5-7,10-11,13,16H,4,8-9,12H2,1H3. The third kappa shape index (κ3) is 2.69. The van der Waals surface area contributed by atoms with Crippen molar-refractivity contribution in [2.45, 2.75) is 31.6 Å². The van der Waals surface area contributed by atoms with Crippen LogP contribution in [0.3, 0.4) is 0 Å². The van der Waals surface area contributed by atoms with Crippen molar-refractivity contribution in [3.05, 3.63) is 65.6 Å². The number of ketones is 1. The summed E-state index contributed by atoms with van der Waals surface area (Å²) < 4.78 is 5.49. The van der Waals surface area contributed by atoms with Gasteiger partial charge < -0.3 is 4.74 Å². The van der Waals surface area contributed by atoms with E-state index in [1.165, 1.54) is 0 Å². The van der Waals surface area contributed by atoms with Crippen molar-refractivity contribution in [1.82, 2.24) is 4.98 Å². The minimum Gasteiger partial charge on any atom is -0.496 e. The topological polar surface area (TPSA) is 59.5 Å². The van der Waals surface area contributed by atoms with Gasteiger partial charge in [0.2, 0.25) is 5.91 Å². The van der Waals surface area contributed by atoms with Gasteiger partial charge in [-0.05, 0) is 31.0 Å². The van der Waals surface area contributed by atoms with Crippen LogP contribution in [0.25, 0.3) is 0 Å². The maximum Gasteiger partial charge on any atom is 0.232 e. The van der Waals surface area contributed by atoms with Gasteiger partial charge in [0.1, 0.15) is 5.75 Å². The number of para-hydroxylation sites is 1. The van der Waals surface area contributed by atoms with Crippen LogP contribution in [0.5, 0.6) is 5.75 Å². The number of nitrogens with zero attached hydrogens (tertiary/aromatic N) is 2. The number of pyridine rings is 1. The summed E-state index contributed by atoms with van der Waals surface area (Å²) in [6, 6.07) is 11.3. The van der Waals surface area contributed by atoms with Crippen molar-refractivity contribution in [2.75, 3.05) is 12.0 Å². The Bertz CT molecular complexity index is 889. The van der Waals surface area contributed by atoms with Crippen LogP contribution in [0.4, 0.5) is 5.69 Å². The fourth-order valence-electron chi connectivity index (χ4n) is 4.00. The van der Waals surface area contributed by atoms with Crippen LogP contribution >= 0.6 is 0 Å². The number of methoxy groups -OCH3 is 1. The molecule has 1 aliphatic carbocycles. The number of allylic oxidation sites excluding steroid dienone is 2. The number of rotatable bonds is 3. The molecule has 0 saturated heterocycles. The zero-order chi connectivity index (χ0) is 18.1. The highest BCUT2D eigenvalue weighted by Gasteiger charge is 2.40. The number of benzene rings is 1. The molecule has 0 saturated carbocycles. The molecule has 1 unspecified atom stereocenters. The number of aromatic nitrogens is 1. The molecule has 0 bridgehead atoms. The summed E-state index contributed by atoms with van der Waals surface area (Å²) in [5.74, 6) is 0.575. The molecule has 2 aromatic rings. The van der Waals surface area contributed by atoms with Crippen molar-refractivity contribution in [3.8, 4) is 5.75 Å². The average molecular weight is 348 g/mol. The minimum atomic E-state index is -0.255. The van der Waals surface area contributed by atoms with E-state index in [0.29, 0.717) is 18.6 Å². The zero-order valence-electron chi connectivity index (χ0n) is 14.6. The molecular weight excluding hydrogens is 328 g/mol. The highest BCUT2D eigenvalue weighted by atomic mass is 16.5. The number of carbonyl (C=O) groups excluding carboxylic acids is 2. The molecule has 5 heteroatoms. The van der Waals surface area contributed by atoms with Gasteiger partial charge in [0.15, 0.2) is 5.78 Å². The van der Waals surface area contributed by atoms with Gasteiger partial charge in [0.25, 0.3) is 0 Å². The lowest BCUT2D eigenvalue weighted by Gasteiger charge is -2.38. The molecule has 0 radical (unpaired) electrons. The van der Waals surface area contributed by atoms with Crippen molar-refractivity contribution < 1.29 is 14.3 Å². The Morgan fingerprint density at radius 1 is 1.12 bits per heavy atom. The van der Waals surface area contributed by atoms with Gasteiger partial charge in [-0.2, -0.15) is 0 Å². The Kier molecular flexibility index (Phi) is 4.29. The van der Waals surface area contributed by atoms with Gasteiger partial charge in [0, 0.05) is 41.8 Å². The molecule has 1 amide bonds. The Hall–Kier alpha value is -2.95. The van der Waals surface area contributed by atoms with E-state index in [1.807, 2.05) is 30.3 Å².